The molecule has 136 valence electrons. The predicted molar refractivity (Wildman–Crippen MR) is 114 cm³/mol. The summed E-state index contributed by atoms with van der Waals surface area (Å²) < 4.78 is 2.14. The van der Waals surface area contributed by atoms with E-state index in [1.165, 1.54) is 16.8 Å². The molecule has 4 aromatic rings. The van der Waals surface area contributed by atoms with Crippen molar-refractivity contribution in [3.8, 4) is 11.3 Å². The van der Waals surface area contributed by atoms with Gasteiger partial charge in [-0.25, -0.2) is 4.98 Å². The van der Waals surface area contributed by atoms with Crippen molar-refractivity contribution in [1.82, 2.24) is 9.38 Å². The van der Waals surface area contributed by atoms with Crippen LogP contribution >= 0.6 is 0 Å². The minimum Gasteiger partial charge on any atom is -0.378 e. The van der Waals surface area contributed by atoms with Crippen LogP contribution < -0.4 is 10.2 Å². The summed E-state index contributed by atoms with van der Waals surface area (Å²) in [6.07, 6.45) is 2.13. The van der Waals surface area contributed by atoms with E-state index in [0.717, 1.165) is 28.4 Å². The first-order chi connectivity index (χ1) is 13.0. The standard InChI is InChI=1S/C23H24N4/c1-16-9-14-21-25-22(18-10-12-19(13-11-18)26(3)4)23(27(21)15-16)24-20-8-6-5-7-17(20)2/h5-15,24H,1-4H3. The Bertz CT molecular complexity index is 1090. The molecule has 4 heteroatoms. The zero-order chi connectivity index (χ0) is 19.0. The summed E-state index contributed by atoms with van der Waals surface area (Å²) >= 11 is 0. The van der Waals surface area contributed by atoms with Crippen molar-refractivity contribution in [2.24, 2.45) is 0 Å². The number of imidazole rings is 1. The third-order valence-corrected chi connectivity index (χ3v) is 4.82. The molecule has 0 unspecified atom stereocenters. The average Bonchev–Trinajstić information content (AvgIpc) is 3.01. The van der Waals surface area contributed by atoms with E-state index in [1.54, 1.807) is 0 Å². The molecule has 0 amide bonds. The molecule has 0 fully saturated rings. The van der Waals surface area contributed by atoms with E-state index in [0.29, 0.717) is 0 Å². The van der Waals surface area contributed by atoms with Crippen LogP contribution in [0.4, 0.5) is 17.2 Å². The number of pyridine rings is 1. The largest absolute Gasteiger partial charge is 0.378 e. The number of nitrogens with one attached hydrogen (secondary N) is 1. The minimum atomic E-state index is 0.934. The first-order valence-corrected chi connectivity index (χ1v) is 9.12. The summed E-state index contributed by atoms with van der Waals surface area (Å²) in [6.45, 7) is 4.21. The van der Waals surface area contributed by atoms with Gasteiger partial charge in [0.2, 0.25) is 0 Å². The molecule has 27 heavy (non-hydrogen) atoms. The fourth-order valence-electron chi connectivity index (χ4n) is 3.23. The number of aryl methyl sites for hydroxylation is 2. The van der Waals surface area contributed by atoms with Crippen molar-refractivity contribution in [2.45, 2.75) is 13.8 Å². The highest BCUT2D eigenvalue weighted by atomic mass is 15.1. The van der Waals surface area contributed by atoms with Crippen molar-refractivity contribution in [3.05, 3.63) is 78.0 Å². The van der Waals surface area contributed by atoms with E-state index in [9.17, 15) is 0 Å². The van der Waals surface area contributed by atoms with Crippen LogP contribution in [-0.4, -0.2) is 23.5 Å². The molecule has 0 saturated heterocycles. The summed E-state index contributed by atoms with van der Waals surface area (Å²) in [5, 5.41) is 3.62. The Morgan fingerprint density at radius 3 is 2.33 bits per heavy atom. The van der Waals surface area contributed by atoms with Crippen molar-refractivity contribution in [2.75, 3.05) is 24.3 Å². The fourth-order valence-corrected chi connectivity index (χ4v) is 3.23. The molecule has 1 N–H and O–H groups in total. The van der Waals surface area contributed by atoms with E-state index < -0.39 is 0 Å². The maximum Gasteiger partial charge on any atom is 0.143 e. The van der Waals surface area contributed by atoms with Crippen LogP contribution in [0.1, 0.15) is 11.1 Å². The van der Waals surface area contributed by atoms with Crippen molar-refractivity contribution in [1.29, 1.82) is 0 Å². The molecule has 2 aromatic heterocycles. The van der Waals surface area contributed by atoms with Gasteiger partial charge in [0, 0.05) is 37.2 Å². The lowest BCUT2D eigenvalue weighted by atomic mass is 10.1. The Morgan fingerprint density at radius 1 is 0.889 bits per heavy atom. The monoisotopic (exact) mass is 356 g/mol. The van der Waals surface area contributed by atoms with E-state index in [2.05, 4.69) is 95.3 Å². The molecule has 0 spiro atoms. The summed E-state index contributed by atoms with van der Waals surface area (Å²) in [5.41, 5.74) is 7.64. The van der Waals surface area contributed by atoms with Crippen molar-refractivity contribution >= 4 is 22.8 Å². The van der Waals surface area contributed by atoms with Crippen molar-refractivity contribution in [3.63, 3.8) is 0 Å². The van der Waals surface area contributed by atoms with Gasteiger partial charge in [0.05, 0.1) is 0 Å². The normalized spacial score (nSPS) is 11.0. The smallest absolute Gasteiger partial charge is 0.143 e. The number of hydrogen-bond acceptors (Lipinski definition) is 3. The highest BCUT2D eigenvalue weighted by Gasteiger charge is 2.15. The second kappa shape index (κ2) is 6.80. The summed E-state index contributed by atoms with van der Waals surface area (Å²) in [5.74, 6) is 0.987. The third kappa shape index (κ3) is 3.26. The van der Waals surface area contributed by atoms with Crippen LogP contribution in [0.5, 0.6) is 0 Å². The van der Waals surface area contributed by atoms with Gasteiger partial charge in [-0.15, -0.1) is 0 Å². The Labute approximate surface area is 160 Å². The van der Waals surface area contributed by atoms with Crippen LogP contribution in [-0.2, 0) is 0 Å². The maximum absolute atomic E-state index is 4.91. The average molecular weight is 356 g/mol. The quantitative estimate of drug-likeness (QED) is 0.529. The first-order valence-electron chi connectivity index (χ1n) is 9.12. The fraction of sp³-hybridized carbons (Fsp3) is 0.174. The number of anilines is 3. The Balaban J connectivity index is 1.88. The van der Waals surface area contributed by atoms with Gasteiger partial charge in [-0.3, -0.25) is 4.40 Å². The number of aromatic nitrogens is 2. The SMILES string of the molecule is Cc1ccc2nc(-c3ccc(N(C)C)cc3)c(Nc3ccccc3C)n2c1. The molecular weight excluding hydrogens is 332 g/mol. The van der Waals surface area contributed by atoms with E-state index in [1.807, 2.05) is 14.1 Å². The number of nitrogens with zero attached hydrogens (tertiary/aromatic N) is 3. The molecule has 0 bridgehead atoms. The topological polar surface area (TPSA) is 32.6 Å². The molecular formula is C23H24N4. The van der Waals surface area contributed by atoms with Gasteiger partial charge in [0.15, 0.2) is 0 Å². The highest BCUT2D eigenvalue weighted by molar-refractivity contribution is 5.81. The zero-order valence-electron chi connectivity index (χ0n) is 16.2. The zero-order valence-corrected chi connectivity index (χ0v) is 16.2. The van der Waals surface area contributed by atoms with Gasteiger partial charge in [-0.05, 0) is 49.2 Å². The molecule has 0 radical (unpaired) electrons. The molecule has 0 saturated carbocycles. The molecule has 2 heterocycles. The number of rotatable bonds is 4. The van der Waals surface area contributed by atoms with Gasteiger partial charge >= 0.3 is 0 Å². The number of benzene rings is 2. The molecule has 0 aliphatic rings. The molecule has 0 aliphatic carbocycles. The summed E-state index contributed by atoms with van der Waals surface area (Å²) in [7, 11) is 4.10. The molecule has 4 nitrogen and oxygen atoms in total. The number of fused-ring (bicyclic) bond motifs is 1. The second-order valence-electron chi connectivity index (χ2n) is 7.12. The Morgan fingerprint density at radius 2 is 1.63 bits per heavy atom. The molecule has 4 rings (SSSR count). The molecule has 0 atom stereocenters. The van der Waals surface area contributed by atoms with E-state index in [-0.39, 0.29) is 0 Å². The molecule has 0 aliphatic heterocycles. The lowest BCUT2D eigenvalue weighted by Gasteiger charge is -2.14. The van der Waals surface area contributed by atoms with Crippen LogP contribution in [0.2, 0.25) is 0 Å². The maximum atomic E-state index is 4.91. The van der Waals surface area contributed by atoms with Crippen molar-refractivity contribution < 1.29 is 0 Å². The lowest BCUT2D eigenvalue weighted by Crippen LogP contribution is -2.08. The Kier molecular flexibility index (Phi) is 4.32. The highest BCUT2D eigenvalue weighted by Crippen LogP contribution is 2.33. The van der Waals surface area contributed by atoms with Gasteiger partial charge in [-0.2, -0.15) is 0 Å². The number of para-hydroxylation sites is 1. The van der Waals surface area contributed by atoms with Gasteiger partial charge in [0.25, 0.3) is 0 Å². The minimum absolute atomic E-state index is 0.934. The summed E-state index contributed by atoms with van der Waals surface area (Å²) in [4.78, 5) is 7.01. The van der Waals surface area contributed by atoms with E-state index in [4.69, 9.17) is 4.98 Å². The molecule has 2 aromatic carbocycles. The van der Waals surface area contributed by atoms with Gasteiger partial charge in [0.1, 0.15) is 17.2 Å². The van der Waals surface area contributed by atoms with Gasteiger partial charge in [-0.1, -0.05) is 36.4 Å². The van der Waals surface area contributed by atoms with Crippen LogP contribution in [0, 0.1) is 13.8 Å². The van der Waals surface area contributed by atoms with Crippen LogP contribution in [0.15, 0.2) is 66.9 Å². The Hall–Kier alpha value is -3.27. The third-order valence-electron chi connectivity index (χ3n) is 4.82. The number of hydrogen-bond donors (Lipinski definition) is 1. The van der Waals surface area contributed by atoms with Gasteiger partial charge < -0.3 is 10.2 Å². The van der Waals surface area contributed by atoms with E-state index >= 15 is 0 Å². The lowest BCUT2D eigenvalue weighted by molar-refractivity contribution is 1.13. The second-order valence-corrected chi connectivity index (χ2v) is 7.12. The summed E-state index contributed by atoms with van der Waals surface area (Å²) in [6, 6.07) is 21.0. The van der Waals surface area contributed by atoms with Crippen LogP contribution in [0.25, 0.3) is 16.9 Å². The van der Waals surface area contributed by atoms with Crippen LogP contribution in [0.3, 0.4) is 0 Å². The first kappa shape index (κ1) is 17.2. The predicted octanol–water partition coefficient (Wildman–Crippen LogP) is 5.43.